The first kappa shape index (κ1) is 19.7. The zero-order valence-corrected chi connectivity index (χ0v) is 18.3. The third-order valence-corrected chi connectivity index (χ3v) is 6.88. The summed E-state index contributed by atoms with van der Waals surface area (Å²) in [7, 11) is 1.45. The van der Waals surface area contributed by atoms with Crippen molar-refractivity contribution in [1.29, 1.82) is 5.26 Å². The van der Waals surface area contributed by atoms with E-state index in [2.05, 4.69) is 38.9 Å². The maximum atomic E-state index is 12.8. The van der Waals surface area contributed by atoms with Crippen LogP contribution in [0.2, 0.25) is 0 Å². The largest absolute Gasteiger partial charge is 0.503 e. The molecule has 6 nitrogen and oxygen atoms in total. The number of halogens is 1. The van der Waals surface area contributed by atoms with E-state index in [-0.39, 0.29) is 28.5 Å². The van der Waals surface area contributed by atoms with Crippen molar-refractivity contribution in [3.8, 4) is 17.6 Å². The normalized spacial score (nSPS) is 16.5. The Hall–Kier alpha value is -2.63. The van der Waals surface area contributed by atoms with Gasteiger partial charge in [0.25, 0.3) is 5.56 Å². The molecule has 1 aliphatic carbocycles. The van der Waals surface area contributed by atoms with Crippen LogP contribution in [0, 0.1) is 17.2 Å². The predicted molar refractivity (Wildman–Crippen MR) is 117 cm³/mol. The minimum atomic E-state index is -0.206. The second-order valence-corrected chi connectivity index (χ2v) is 9.11. The summed E-state index contributed by atoms with van der Waals surface area (Å²) in [5.41, 5.74) is 1.76. The summed E-state index contributed by atoms with van der Waals surface area (Å²) in [5, 5.41) is 20.3. The highest BCUT2D eigenvalue weighted by Crippen LogP contribution is 2.37. The van der Waals surface area contributed by atoms with Crippen LogP contribution in [0.4, 0.5) is 0 Å². The summed E-state index contributed by atoms with van der Waals surface area (Å²) in [6, 6.07) is 5.39. The number of aryl methyl sites for hydroxylation is 1. The minimum absolute atomic E-state index is 0.0190. The molecule has 1 atom stereocenters. The van der Waals surface area contributed by atoms with Crippen molar-refractivity contribution in [2.24, 2.45) is 5.92 Å². The lowest BCUT2D eigenvalue weighted by Gasteiger charge is -2.17. The van der Waals surface area contributed by atoms with Gasteiger partial charge in [0, 0.05) is 4.88 Å². The predicted octanol–water partition coefficient (Wildman–Crippen LogP) is 4.65. The number of thiophene rings is 1. The molecule has 148 valence electrons. The maximum Gasteiger partial charge on any atom is 0.260 e. The first-order valence-corrected chi connectivity index (χ1v) is 10.8. The molecule has 0 spiro atoms. The number of phenolic OH excluding ortho intramolecular Hbond substituents is 1. The van der Waals surface area contributed by atoms with E-state index in [1.807, 2.05) is 0 Å². The lowest BCUT2D eigenvalue weighted by atomic mass is 9.89. The fourth-order valence-electron chi connectivity index (χ4n) is 3.63. The SMILES string of the molecule is COc1cc(C=C(C#N)c2nc3sc4c(c3c(=O)[nH]2)CCC(C)C4)cc(Br)c1O. The third-order valence-electron chi connectivity index (χ3n) is 5.12. The Labute approximate surface area is 179 Å². The van der Waals surface area contributed by atoms with Gasteiger partial charge in [0.15, 0.2) is 17.3 Å². The maximum absolute atomic E-state index is 12.8. The molecule has 2 N–H and O–H groups in total. The standard InChI is InChI=1S/C21H18BrN3O3S/c1-10-3-4-13-16(5-10)29-21-17(13)20(27)24-19(25-21)12(9-23)6-11-7-14(22)18(26)15(8-11)28-2/h6-8,10,26H,3-5H2,1-2H3,(H,24,25,27). The minimum Gasteiger partial charge on any atom is -0.503 e. The van der Waals surface area contributed by atoms with Crippen LogP contribution in [-0.2, 0) is 12.8 Å². The number of H-pyrrole nitrogens is 1. The molecule has 0 saturated heterocycles. The van der Waals surface area contributed by atoms with Gasteiger partial charge in [0.2, 0.25) is 0 Å². The Morgan fingerprint density at radius 2 is 2.31 bits per heavy atom. The van der Waals surface area contributed by atoms with E-state index in [1.165, 1.54) is 12.0 Å². The number of allylic oxidation sites excluding steroid dienone is 1. The van der Waals surface area contributed by atoms with Crippen molar-refractivity contribution in [3.63, 3.8) is 0 Å². The van der Waals surface area contributed by atoms with Gasteiger partial charge in [-0.25, -0.2) is 4.98 Å². The molecular weight excluding hydrogens is 454 g/mol. The molecule has 2 heterocycles. The molecule has 4 rings (SSSR count). The van der Waals surface area contributed by atoms with Gasteiger partial charge in [-0.05, 0) is 70.4 Å². The number of rotatable bonds is 3. The number of ether oxygens (including phenoxy) is 1. The van der Waals surface area contributed by atoms with Crippen LogP contribution in [0.5, 0.6) is 11.5 Å². The van der Waals surface area contributed by atoms with Gasteiger partial charge in [-0.2, -0.15) is 5.26 Å². The number of fused-ring (bicyclic) bond motifs is 3. The molecule has 3 aromatic rings. The van der Waals surface area contributed by atoms with E-state index >= 15 is 0 Å². The number of aromatic nitrogens is 2. The fraction of sp³-hybridized carbons (Fsp3) is 0.286. The number of nitriles is 1. The van der Waals surface area contributed by atoms with E-state index in [1.54, 1.807) is 29.5 Å². The van der Waals surface area contributed by atoms with Crippen LogP contribution in [0.1, 0.15) is 35.2 Å². The molecule has 0 fully saturated rings. The first-order valence-electron chi connectivity index (χ1n) is 9.14. The molecule has 1 aromatic carbocycles. The molecular formula is C21H18BrN3O3S. The Balaban J connectivity index is 1.83. The Morgan fingerprint density at radius 1 is 1.52 bits per heavy atom. The van der Waals surface area contributed by atoms with Crippen molar-refractivity contribution in [2.75, 3.05) is 7.11 Å². The number of benzene rings is 1. The molecule has 2 aromatic heterocycles. The number of phenols is 1. The smallest absolute Gasteiger partial charge is 0.260 e. The van der Waals surface area contributed by atoms with Gasteiger partial charge in [0.1, 0.15) is 10.9 Å². The highest BCUT2D eigenvalue weighted by atomic mass is 79.9. The molecule has 0 aliphatic heterocycles. The summed E-state index contributed by atoms with van der Waals surface area (Å²) in [6.07, 6.45) is 4.53. The van der Waals surface area contributed by atoms with Crippen LogP contribution in [0.3, 0.4) is 0 Å². The van der Waals surface area contributed by atoms with E-state index in [4.69, 9.17) is 4.74 Å². The van der Waals surface area contributed by atoms with Crippen LogP contribution in [0.15, 0.2) is 21.4 Å². The van der Waals surface area contributed by atoms with Gasteiger partial charge in [0.05, 0.1) is 22.5 Å². The monoisotopic (exact) mass is 471 g/mol. The third kappa shape index (κ3) is 3.56. The van der Waals surface area contributed by atoms with Crippen molar-refractivity contribution in [1.82, 2.24) is 9.97 Å². The van der Waals surface area contributed by atoms with Crippen LogP contribution in [0.25, 0.3) is 21.9 Å². The van der Waals surface area contributed by atoms with E-state index < -0.39 is 0 Å². The second kappa shape index (κ2) is 7.65. The molecule has 0 bridgehead atoms. The zero-order valence-electron chi connectivity index (χ0n) is 15.9. The number of hydrogen-bond donors (Lipinski definition) is 2. The highest BCUT2D eigenvalue weighted by molar-refractivity contribution is 9.10. The van der Waals surface area contributed by atoms with Crippen molar-refractivity contribution < 1.29 is 9.84 Å². The molecule has 1 aliphatic rings. The number of aromatic hydroxyl groups is 1. The van der Waals surface area contributed by atoms with Crippen molar-refractivity contribution in [3.05, 3.63) is 48.8 Å². The quantitative estimate of drug-likeness (QED) is 0.541. The number of hydrogen-bond acceptors (Lipinski definition) is 6. The molecule has 29 heavy (non-hydrogen) atoms. The zero-order chi connectivity index (χ0) is 20.7. The van der Waals surface area contributed by atoms with E-state index in [0.717, 1.165) is 24.8 Å². The summed E-state index contributed by atoms with van der Waals surface area (Å²) >= 11 is 4.82. The van der Waals surface area contributed by atoms with Crippen molar-refractivity contribution in [2.45, 2.75) is 26.2 Å². The van der Waals surface area contributed by atoms with E-state index in [9.17, 15) is 15.2 Å². The lowest BCUT2D eigenvalue weighted by Crippen LogP contribution is -2.14. The molecule has 1 unspecified atom stereocenters. The van der Waals surface area contributed by atoms with Crippen LogP contribution < -0.4 is 10.3 Å². The molecule has 0 radical (unpaired) electrons. The average Bonchev–Trinajstić information content (AvgIpc) is 3.06. The Bertz CT molecular complexity index is 1250. The van der Waals surface area contributed by atoms with Gasteiger partial charge in [-0.15, -0.1) is 11.3 Å². The summed E-state index contributed by atoms with van der Waals surface area (Å²) < 4.78 is 5.60. The molecule has 0 amide bonds. The van der Waals surface area contributed by atoms with Crippen LogP contribution in [-0.4, -0.2) is 22.2 Å². The Kier molecular flexibility index (Phi) is 5.19. The Morgan fingerprint density at radius 3 is 3.03 bits per heavy atom. The lowest BCUT2D eigenvalue weighted by molar-refractivity contribution is 0.372. The van der Waals surface area contributed by atoms with Gasteiger partial charge < -0.3 is 14.8 Å². The van der Waals surface area contributed by atoms with Crippen LogP contribution >= 0.6 is 27.3 Å². The average molecular weight is 472 g/mol. The summed E-state index contributed by atoms with van der Waals surface area (Å²) in [6.45, 7) is 2.22. The van der Waals surface area contributed by atoms with Gasteiger partial charge in [-0.3, -0.25) is 4.79 Å². The molecule has 0 saturated carbocycles. The van der Waals surface area contributed by atoms with Gasteiger partial charge >= 0.3 is 0 Å². The number of nitrogens with one attached hydrogen (secondary N) is 1. The number of aromatic amines is 1. The fourth-order valence-corrected chi connectivity index (χ4v) is 5.47. The summed E-state index contributed by atoms with van der Waals surface area (Å²) in [4.78, 5) is 22.1. The van der Waals surface area contributed by atoms with Gasteiger partial charge in [-0.1, -0.05) is 6.92 Å². The first-order chi connectivity index (χ1) is 13.9. The summed E-state index contributed by atoms with van der Waals surface area (Å²) in [5.74, 6) is 1.10. The highest BCUT2D eigenvalue weighted by Gasteiger charge is 2.23. The topological polar surface area (TPSA) is 99.0 Å². The number of methoxy groups -OCH3 is 1. The number of nitrogens with zero attached hydrogens (tertiary/aromatic N) is 2. The second-order valence-electron chi connectivity index (χ2n) is 7.17. The van der Waals surface area contributed by atoms with E-state index in [0.29, 0.717) is 26.2 Å². The van der Waals surface area contributed by atoms with Crippen molar-refractivity contribution >= 4 is 49.1 Å². The molecule has 8 heteroatoms.